The van der Waals surface area contributed by atoms with Crippen LogP contribution in [0, 0.1) is 0 Å². The lowest BCUT2D eigenvalue weighted by Gasteiger charge is -2.35. The van der Waals surface area contributed by atoms with E-state index in [1.165, 1.54) is 11.1 Å². The van der Waals surface area contributed by atoms with Gasteiger partial charge in [-0.05, 0) is 31.9 Å². The summed E-state index contributed by atoms with van der Waals surface area (Å²) < 4.78 is 0. The molecule has 2 aromatic rings. The first-order chi connectivity index (χ1) is 9.50. The first-order valence-electron chi connectivity index (χ1n) is 7.14. The second kappa shape index (κ2) is 6.21. The second-order valence-corrected chi connectivity index (χ2v) is 5.91. The van der Waals surface area contributed by atoms with Gasteiger partial charge in [-0.15, -0.1) is 0 Å². The van der Waals surface area contributed by atoms with E-state index in [0.717, 1.165) is 0 Å². The van der Waals surface area contributed by atoms with E-state index in [4.69, 9.17) is 5.73 Å². The van der Waals surface area contributed by atoms with Gasteiger partial charge in [-0.1, -0.05) is 60.7 Å². The maximum absolute atomic E-state index is 6.11. The average Bonchev–Trinajstić information content (AvgIpc) is 2.46. The third kappa shape index (κ3) is 3.47. The topological polar surface area (TPSA) is 38.0 Å². The van der Waals surface area contributed by atoms with Gasteiger partial charge in [-0.3, -0.25) is 5.32 Å². The van der Waals surface area contributed by atoms with Gasteiger partial charge in [0.15, 0.2) is 0 Å². The Morgan fingerprint density at radius 3 is 1.60 bits per heavy atom. The van der Waals surface area contributed by atoms with E-state index in [9.17, 15) is 0 Å². The predicted molar refractivity (Wildman–Crippen MR) is 85.6 cm³/mol. The summed E-state index contributed by atoms with van der Waals surface area (Å²) in [4.78, 5) is 0. The molecule has 2 rings (SSSR count). The third-order valence-electron chi connectivity index (χ3n) is 3.92. The van der Waals surface area contributed by atoms with Gasteiger partial charge in [0.1, 0.15) is 0 Å². The Hall–Kier alpha value is -1.64. The minimum Gasteiger partial charge on any atom is -0.326 e. The molecule has 106 valence electrons. The van der Waals surface area contributed by atoms with Crippen LogP contribution in [0.3, 0.4) is 0 Å². The minimum absolute atomic E-state index is 0.0671. The van der Waals surface area contributed by atoms with Gasteiger partial charge in [-0.25, -0.2) is 0 Å². The molecule has 1 unspecified atom stereocenters. The van der Waals surface area contributed by atoms with Crippen molar-refractivity contribution in [1.29, 1.82) is 0 Å². The molecule has 2 heteroatoms. The molecule has 0 aliphatic rings. The Morgan fingerprint density at radius 1 is 0.850 bits per heavy atom. The van der Waals surface area contributed by atoms with Crippen molar-refractivity contribution in [3.05, 3.63) is 71.8 Å². The van der Waals surface area contributed by atoms with E-state index in [1.807, 2.05) is 19.1 Å². The van der Waals surface area contributed by atoms with Crippen molar-refractivity contribution >= 4 is 0 Å². The monoisotopic (exact) mass is 268 g/mol. The number of hydrogen-bond donors (Lipinski definition) is 2. The molecule has 0 saturated heterocycles. The smallest absolute Gasteiger partial charge is 0.0581 e. The summed E-state index contributed by atoms with van der Waals surface area (Å²) >= 11 is 0. The lowest BCUT2D eigenvalue weighted by molar-refractivity contribution is 0.310. The molecule has 0 amide bonds. The summed E-state index contributed by atoms with van der Waals surface area (Å²) in [5, 5.41) is 3.70. The highest BCUT2D eigenvalue weighted by Gasteiger charge is 2.27. The van der Waals surface area contributed by atoms with Crippen molar-refractivity contribution in [2.45, 2.75) is 38.4 Å². The van der Waals surface area contributed by atoms with Gasteiger partial charge in [-0.2, -0.15) is 0 Å². The maximum Gasteiger partial charge on any atom is 0.0581 e. The molecule has 0 aromatic heterocycles. The summed E-state index contributed by atoms with van der Waals surface area (Å²) in [5.41, 5.74) is 8.48. The third-order valence-corrected chi connectivity index (χ3v) is 3.92. The molecule has 2 aromatic carbocycles. The van der Waals surface area contributed by atoms with Crippen molar-refractivity contribution in [2.24, 2.45) is 5.73 Å². The van der Waals surface area contributed by atoms with Crippen LogP contribution in [0.1, 0.15) is 37.9 Å². The Morgan fingerprint density at radius 2 is 1.25 bits per heavy atom. The summed E-state index contributed by atoms with van der Waals surface area (Å²) in [6.07, 6.45) is 0. The fraction of sp³-hybridized carbons (Fsp3) is 0.333. The standard InChI is InChI=1S/C18H24N2/c1-14(19)18(2,3)20-17(15-10-6-4-7-11-15)16-12-8-5-9-13-16/h4-14,17,20H,19H2,1-3H3. The predicted octanol–water partition coefficient (Wildman–Crippen LogP) is 3.49. The lowest BCUT2D eigenvalue weighted by Crippen LogP contribution is -2.53. The van der Waals surface area contributed by atoms with Crippen molar-refractivity contribution < 1.29 is 0 Å². The number of nitrogens with two attached hydrogens (primary N) is 1. The van der Waals surface area contributed by atoms with Gasteiger partial charge in [0.05, 0.1) is 6.04 Å². The van der Waals surface area contributed by atoms with Gasteiger partial charge in [0, 0.05) is 11.6 Å². The van der Waals surface area contributed by atoms with Crippen molar-refractivity contribution in [3.63, 3.8) is 0 Å². The number of hydrogen-bond acceptors (Lipinski definition) is 2. The maximum atomic E-state index is 6.11. The Labute approximate surface area is 122 Å². The van der Waals surface area contributed by atoms with E-state index in [-0.39, 0.29) is 17.6 Å². The highest BCUT2D eigenvalue weighted by Crippen LogP contribution is 2.25. The summed E-state index contributed by atoms with van der Waals surface area (Å²) in [6.45, 7) is 6.34. The highest BCUT2D eigenvalue weighted by molar-refractivity contribution is 5.32. The zero-order valence-electron chi connectivity index (χ0n) is 12.5. The summed E-state index contributed by atoms with van der Waals surface area (Å²) in [7, 11) is 0. The lowest BCUT2D eigenvalue weighted by atomic mass is 9.91. The zero-order chi connectivity index (χ0) is 14.6. The molecule has 0 aliphatic heterocycles. The summed E-state index contributed by atoms with van der Waals surface area (Å²) in [6, 6.07) is 21.2. The van der Waals surface area contributed by atoms with Crippen LogP contribution in [0.25, 0.3) is 0 Å². The molecule has 1 atom stereocenters. The van der Waals surface area contributed by atoms with Gasteiger partial charge < -0.3 is 5.73 Å². The van der Waals surface area contributed by atoms with Crippen LogP contribution in [0.5, 0.6) is 0 Å². The van der Waals surface area contributed by atoms with E-state index in [0.29, 0.717) is 0 Å². The van der Waals surface area contributed by atoms with Crippen LogP contribution in [-0.2, 0) is 0 Å². The molecular formula is C18H24N2. The SMILES string of the molecule is CC(N)C(C)(C)NC(c1ccccc1)c1ccccc1. The largest absolute Gasteiger partial charge is 0.326 e. The fourth-order valence-electron chi connectivity index (χ4n) is 2.15. The van der Waals surface area contributed by atoms with Crippen LogP contribution in [0.2, 0.25) is 0 Å². The second-order valence-electron chi connectivity index (χ2n) is 5.91. The molecule has 3 N–H and O–H groups in total. The van der Waals surface area contributed by atoms with Crippen LogP contribution < -0.4 is 11.1 Å². The first kappa shape index (κ1) is 14.8. The van der Waals surface area contributed by atoms with Gasteiger partial charge in [0.2, 0.25) is 0 Å². The average molecular weight is 268 g/mol. The Kier molecular flexibility index (Phi) is 4.58. The van der Waals surface area contributed by atoms with Crippen molar-refractivity contribution in [2.75, 3.05) is 0 Å². The van der Waals surface area contributed by atoms with E-state index >= 15 is 0 Å². The fourth-order valence-corrected chi connectivity index (χ4v) is 2.15. The molecular weight excluding hydrogens is 244 g/mol. The molecule has 0 fully saturated rings. The van der Waals surface area contributed by atoms with E-state index < -0.39 is 0 Å². The van der Waals surface area contributed by atoms with Gasteiger partial charge >= 0.3 is 0 Å². The Bertz CT molecular complexity index is 478. The van der Waals surface area contributed by atoms with Crippen molar-refractivity contribution in [1.82, 2.24) is 5.32 Å². The highest BCUT2D eigenvalue weighted by atomic mass is 15.0. The van der Waals surface area contributed by atoms with Crippen molar-refractivity contribution in [3.8, 4) is 0 Å². The summed E-state index contributed by atoms with van der Waals surface area (Å²) in [5.74, 6) is 0. The number of nitrogens with one attached hydrogen (secondary N) is 1. The van der Waals surface area contributed by atoms with E-state index in [2.05, 4.69) is 67.7 Å². The molecule has 0 bridgehead atoms. The molecule has 2 nitrogen and oxygen atoms in total. The molecule has 0 saturated carbocycles. The quantitative estimate of drug-likeness (QED) is 0.871. The normalized spacial score (nSPS) is 13.4. The molecule has 0 aliphatic carbocycles. The van der Waals surface area contributed by atoms with E-state index in [1.54, 1.807) is 0 Å². The van der Waals surface area contributed by atoms with Gasteiger partial charge in [0.25, 0.3) is 0 Å². The number of benzene rings is 2. The Balaban J connectivity index is 2.36. The number of rotatable bonds is 5. The molecule has 0 heterocycles. The van der Waals surface area contributed by atoms with Crippen LogP contribution >= 0.6 is 0 Å². The van der Waals surface area contributed by atoms with Crippen LogP contribution in [0.4, 0.5) is 0 Å². The van der Waals surface area contributed by atoms with Crippen LogP contribution in [0.15, 0.2) is 60.7 Å². The minimum atomic E-state index is -0.143. The molecule has 0 radical (unpaired) electrons. The first-order valence-corrected chi connectivity index (χ1v) is 7.14. The molecule has 20 heavy (non-hydrogen) atoms. The van der Waals surface area contributed by atoms with Crippen LogP contribution in [-0.4, -0.2) is 11.6 Å². The molecule has 0 spiro atoms. The zero-order valence-corrected chi connectivity index (χ0v) is 12.5.